The Morgan fingerprint density at radius 2 is 2.00 bits per heavy atom. The fraction of sp³-hybridized carbons (Fsp3) is 0.667. The number of hydrogen-bond acceptors (Lipinski definition) is 1. The van der Waals surface area contributed by atoms with Gasteiger partial charge in [0.15, 0.2) is 0 Å². The molecular weight excluding hydrogens is 160 g/mol. The van der Waals surface area contributed by atoms with Gasteiger partial charge in [0.05, 0.1) is 0 Å². The highest BCUT2D eigenvalue weighted by Gasteiger charge is 2.00. The molecule has 0 aliphatic heterocycles. The number of hydrogen-bond donors (Lipinski definition) is 0. The Kier molecular flexibility index (Phi) is 6.24. The second kappa shape index (κ2) is 6.41. The van der Waals surface area contributed by atoms with Crippen molar-refractivity contribution in [2.24, 2.45) is 0 Å². The van der Waals surface area contributed by atoms with E-state index in [-0.39, 0.29) is 0 Å². The van der Waals surface area contributed by atoms with Gasteiger partial charge in [0.2, 0.25) is 0 Å². The fourth-order valence-electron chi connectivity index (χ4n) is 0.742. The molecular formula is C9H15ClO. The zero-order chi connectivity index (χ0) is 8.69. The summed E-state index contributed by atoms with van der Waals surface area (Å²) in [5.41, 5.74) is 1.07. The molecule has 0 amide bonds. The van der Waals surface area contributed by atoms with Crippen LogP contribution >= 0.6 is 11.6 Å². The van der Waals surface area contributed by atoms with Crippen LogP contribution in [0.3, 0.4) is 0 Å². The molecule has 0 bridgehead atoms. The number of Topliss-reactive ketones (excluding diaryl/α,β-unsaturated/α-hetero) is 1. The predicted octanol–water partition coefficient (Wildman–Crippen LogP) is 2.93. The summed E-state index contributed by atoms with van der Waals surface area (Å²) in [6, 6.07) is 0. The zero-order valence-corrected chi connectivity index (χ0v) is 7.78. The summed E-state index contributed by atoms with van der Waals surface area (Å²) in [6.45, 7) is 5.67. The summed E-state index contributed by atoms with van der Waals surface area (Å²) in [4.78, 5) is 11.0. The lowest BCUT2D eigenvalue weighted by Crippen LogP contribution is -1.97. The van der Waals surface area contributed by atoms with Crippen molar-refractivity contribution in [3.63, 3.8) is 0 Å². The van der Waals surface area contributed by atoms with Crippen LogP contribution < -0.4 is 0 Å². The van der Waals surface area contributed by atoms with E-state index in [2.05, 4.69) is 6.58 Å². The van der Waals surface area contributed by atoms with Crippen LogP contribution in [0.1, 0.15) is 32.6 Å². The normalized spacial score (nSPS) is 9.64. The lowest BCUT2D eigenvalue weighted by molar-refractivity contribution is -0.119. The van der Waals surface area contributed by atoms with Crippen molar-refractivity contribution in [3.8, 4) is 0 Å². The van der Waals surface area contributed by atoms with Gasteiger partial charge in [-0.15, -0.1) is 18.2 Å². The number of alkyl halides is 1. The molecule has 0 unspecified atom stereocenters. The SMILES string of the molecule is C=C(C)CCC(=O)CCCCl. The van der Waals surface area contributed by atoms with Gasteiger partial charge in [0.1, 0.15) is 5.78 Å². The van der Waals surface area contributed by atoms with Crippen molar-refractivity contribution in [2.45, 2.75) is 32.6 Å². The van der Waals surface area contributed by atoms with Crippen molar-refractivity contribution in [2.75, 3.05) is 5.88 Å². The van der Waals surface area contributed by atoms with Gasteiger partial charge < -0.3 is 0 Å². The smallest absolute Gasteiger partial charge is 0.133 e. The van der Waals surface area contributed by atoms with Crippen molar-refractivity contribution in [3.05, 3.63) is 12.2 Å². The van der Waals surface area contributed by atoms with Gasteiger partial charge in [-0.2, -0.15) is 0 Å². The highest BCUT2D eigenvalue weighted by molar-refractivity contribution is 6.17. The molecule has 0 saturated heterocycles. The first kappa shape index (κ1) is 10.7. The van der Waals surface area contributed by atoms with E-state index >= 15 is 0 Å². The first-order valence-electron chi connectivity index (χ1n) is 3.89. The van der Waals surface area contributed by atoms with Crippen molar-refractivity contribution < 1.29 is 4.79 Å². The summed E-state index contributed by atoms with van der Waals surface area (Å²) < 4.78 is 0. The molecule has 0 N–H and O–H groups in total. The highest BCUT2D eigenvalue weighted by atomic mass is 35.5. The maximum Gasteiger partial charge on any atom is 0.133 e. The molecule has 64 valence electrons. The van der Waals surface area contributed by atoms with Crippen LogP contribution in [0.4, 0.5) is 0 Å². The molecule has 0 aromatic carbocycles. The molecule has 0 heterocycles. The first-order chi connectivity index (χ1) is 5.16. The molecule has 0 saturated carbocycles. The molecule has 0 fully saturated rings. The maximum absolute atomic E-state index is 11.0. The van der Waals surface area contributed by atoms with E-state index in [9.17, 15) is 4.79 Å². The summed E-state index contributed by atoms with van der Waals surface area (Å²) in [5, 5.41) is 0. The van der Waals surface area contributed by atoms with Crippen molar-refractivity contribution >= 4 is 17.4 Å². The van der Waals surface area contributed by atoms with E-state index < -0.39 is 0 Å². The number of allylic oxidation sites excluding steroid dienone is 1. The Morgan fingerprint density at radius 1 is 1.36 bits per heavy atom. The lowest BCUT2D eigenvalue weighted by atomic mass is 10.1. The second-order valence-corrected chi connectivity index (χ2v) is 3.17. The average molecular weight is 175 g/mol. The molecule has 0 atom stereocenters. The summed E-state index contributed by atoms with van der Waals surface area (Å²) >= 11 is 5.44. The maximum atomic E-state index is 11.0. The van der Waals surface area contributed by atoms with Crippen LogP contribution in [-0.4, -0.2) is 11.7 Å². The molecule has 0 spiro atoms. The van der Waals surface area contributed by atoms with Gasteiger partial charge in [-0.05, 0) is 19.8 Å². The minimum atomic E-state index is 0.300. The van der Waals surface area contributed by atoms with Gasteiger partial charge in [-0.25, -0.2) is 0 Å². The second-order valence-electron chi connectivity index (χ2n) is 2.79. The third kappa shape index (κ3) is 7.60. The summed E-state index contributed by atoms with van der Waals surface area (Å²) in [5.74, 6) is 0.882. The number of carbonyl (C=O) groups is 1. The Balaban J connectivity index is 3.30. The minimum absolute atomic E-state index is 0.300. The van der Waals surface area contributed by atoms with Gasteiger partial charge in [-0.1, -0.05) is 5.57 Å². The first-order valence-corrected chi connectivity index (χ1v) is 4.42. The molecule has 0 aromatic rings. The zero-order valence-electron chi connectivity index (χ0n) is 7.03. The topological polar surface area (TPSA) is 17.1 Å². The predicted molar refractivity (Wildman–Crippen MR) is 49.0 cm³/mol. The van der Waals surface area contributed by atoms with E-state index in [0.29, 0.717) is 24.5 Å². The van der Waals surface area contributed by atoms with Crippen molar-refractivity contribution in [1.29, 1.82) is 0 Å². The third-order valence-electron chi connectivity index (χ3n) is 1.42. The number of halogens is 1. The van der Waals surface area contributed by atoms with Crippen LogP contribution in [0.15, 0.2) is 12.2 Å². The van der Waals surface area contributed by atoms with Gasteiger partial charge in [0.25, 0.3) is 0 Å². The third-order valence-corrected chi connectivity index (χ3v) is 1.69. The Morgan fingerprint density at radius 3 is 2.45 bits per heavy atom. The quantitative estimate of drug-likeness (QED) is 0.447. The number of ketones is 1. The van der Waals surface area contributed by atoms with Crippen LogP contribution in [0.2, 0.25) is 0 Å². The average Bonchev–Trinajstić information content (AvgIpc) is 1.97. The van der Waals surface area contributed by atoms with Crippen molar-refractivity contribution in [1.82, 2.24) is 0 Å². The van der Waals surface area contributed by atoms with Gasteiger partial charge in [0, 0.05) is 18.7 Å². The standard InChI is InChI=1S/C9H15ClO/c1-8(2)5-6-9(11)4-3-7-10/h1,3-7H2,2H3. The fourth-order valence-corrected chi connectivity index (χ4v) is 0.875. The molecule has 0 rings (SSSR count). The highest BCUT2D eigenvalue weighted by Crippen LogP contribution is 2.04. The lowest BCUT2D eigenvalue weighted by Gasteiger charge is -1.97. The van der Waals surface area contributed by atoms with Crippen LogP contribution in [-0.2, 0) is 4.79 Å². The van der Waals surface area contributed by atoms with Gasteiger partial charge >= 0.3 is 0 Å². The van der Waals surface area contributed by atoms with Crippen LogP contribution in [0.25, 0.3) is 0 Å². The Bertz CT molecular complexity index is 140. The van der Waals surface area contributed by atoms with E-state index in [1.165, 1.54) is 0 Å². The number of rotatable bonds is 6. The summed E-state index contributed by atoms with van der Waals surface area (Å²) in [6.07, 6.45) is 2.88. The molecule has 11 heavy (non-hydrogen) atoms. The van der Waals surface area contributed by atoms with E-state index in [0.717, 1.165) is 18.4 Å². The Hall–Kier alpha value is -0.300. The molecule has 0 aromatic heterocycles. The molecule has 0 aliphatic carbocycles. The summed E-state index contributed by atoms with van der Waals surface area (Å²) in [7, 11) is 0. The van der Waals surface area contributed by atoms with Crippen LogP contribution in [0, 0.1) is 0 Å². The molecule has 2 heteroatoms. The molecule has 0 radical (unpaired) electrons. The number of carbonyl (C=O) groups excluding carboxylic acids is 1. The van der Waals surface area contributed by atoms with E-state index in [1.807, 2.05) is 6.92 Å². The Labute approximate surface area is 73.4 Å². The van der Waals surface area contributed by atoms with Crippen LogP contribution in [0.5, 0.6) is 0 Å². The van der Waals surface area contributed by atoms with E-state index in [4.69, 9.17) is 11.6 Å². The monoisotopic (exact) mass is 174 g/mol. The van der Waals surface area contributed by atoms with Gasteiger partial charge in [-0.3, -0.25) is 4.79 Å². The molecule has 1 nitrogen and oxygen atoms in total. The van der Waals surface area contributed by atoms with E-state index in [1.54, 1.807) is 0 Å². The largest absolute Gasteiger partial charge is 0.300 e. The molecule has 0 aliphatic rings. The minimum Gasteiger partial charge on any atom is -0.300 e.